The minimum Gasteiger partial charge on any atom is -0.392 e. The first kappa shape index (κ1) is 24.9. The summed E-state index contributed by atoms with van der Waals surface area (Å²) in [7, 11) is 0. The molecule has 0 aromatic heterocycles. The van der Waals surface area contributed by atoms with Gasteiger partial charge in [0.05, 0.1) is 12.7 Å². The summed E-state index contributed by atoms with van der Waals surface area (Å²) in [6.07, 6.45) is 13.2. The molecule has 2 N–H and O–H groups in total. The summed E-state index contributed by atoms with van der Waals surface area (Å²) in [6, 6.07) is 0. The molecule has 0 saturated heterocycles. The molecule has 4 aliphatic carbocycles. The SMILES string of the molecule is C/C(=C\CC[C@@H](C)[C@H]1CC(O)[C@@]2(C)C3=CC[C@H]4C(C)(C)C(=O)CC[C@]4(C)C3=CC[C@]12C)CO. The second kappa shape index (κ2) is 8.19. The molecule has 3 heteroatoms. The first-order chi connectivity index (χ1) is 15.3. The molecule has 0 aliphatic heterocycles. The van der Waals surface area contributed by atoms with Crippen LogP contribution in [0.1, 0.15) is 93.4 Å². The van der Waals surface area contributed by atoms with E-state index in [1.165, 1.54) is 11.1 Å². The number of fused-ring (bicyclic) bond motifs is 5. The molecule has 4 aliphatic rings. The minimum absolute atomic E-state index is 0.0157. The molecule has 0 radical (unpaired) electrons. The lowest BCUT2D eigenvalue weighted by molar-refractivity contribution is -0.138. The Balaban J connectivity index is 1.68. The highest BCUT2D eigenvalue weighted by molar-refractivity contribution is 5.86. The average molecular weight is 455 g/mol. The molecule has 2 fully saturated rings. The van der Waals surface area contributed by atoms with Crippen molar-refractivity contribution in [1.82, 2.24) is 0 Å². The monoisotopic (exact) mass is 454 g/mol. The molecule has 3 nitrogen and oxygen atoms in total. The number of hydrogen-bond acceptors (Lipinski definition) is 3. The fraction of sp³-hybridized carbons (Fsp3) is 0.767. The van der Waals surface area contributed by atoms with Gasteiger partial charge in [-0.2, -0.15) is 0 Å². The summed E-state index contributed by atoms with van der Waals surface area (Å²) < 4.78 is 0. The van der Waals surface area contributed by atoms with E-state index >= 15 is 0 Å². The number of Topliss-reactive ketones (excluding diaryl/α,β-unsaturated/α-hetero) is 1. The maximum absolute atomic E-state index is 12.8. The third-order valence-electron chi connectivity index (χ3n) is 11.2. The van der Waals surface area contributed by atoms with Crippen molar-refractivity contribution >= 4 is 5.78 Å². The summed E-state index contributed by atoms with van der Waals surface area (Å²) >= 11 is 0. The summed E-state index contributed by atoms with van der Waals surface area (Å²) in [5.74, 6) is 1.73. The Morgan fingerprint density at radius 1 is 1.18 bits per heavy atom. The van der Waals surface area contributed by atoms with Crippen molar-refractivity contribution in [2.75, 3.05) is 6.61 Å². The molecule has 184 valence electrons. The second-order valence-electron chi connectivity index (χ2n) is 13.0. The number of aliphatic hydroxyl groups excluding tert-OH is 2. The van der Waals surface area contributed by atoms with Gasteiger partial charge in [-0.3, -0.25) is 4.79 Å². The van der Waals surface area contributed by atoms with Crippen LogP contribution in [-0.4, -0.2) is 28.7 Å². The lowest BCUT2D eigenvalue weighted by Crippen LogP contribution is -2.54. The van der Waals surface area contributed by atoms with Gasteiger partial charge in [-0.1, -0.05) is 65.3 Å². The molecular weight excluding hydrogens is 408 g/mol. The van der Waals surface area contributed by atoms with Crippen LogP contribution >= 0.6 is 0 Å². The Kier molecular flexibility index (Phi) is 6.19. The van der Waals surface area contributed by atoms with Crippen molar-refractivity contribution in [3.63, 3.8) is 0 Å². The van der Waals surface area contributed by atoms with Gasteiger partial charge in [0.1, 0.15) is 5.78 Å². The molecule has 0 aromatic carbocycles. The topological polar surface area (TPSA) is 57.5 Å². The first-order valence-corrected chi connectivity index (χ1v) is 13.2. The highest BCUT2D eigenvalue weighted by Crippen LogP contribution is 2.71. The van der Waals surface area contributed by atoms with Gasteiger partial charge < -0.3 is 10.2 Å². The summed E-state index contributed by atoms with van der Waals surface area (Å²) in [5, 5.41) is 20.9. The Morgan fingerprint density at radius 3 is 2.55 bits per heavy atom. The molecule has 4 rings (SSSR count). The fourth-order valence-electron chi connectivity index (χ4n) is 8.61. The standard InChI is InChI=1S/C30H46O3/c1-19(18-31)9-8-10-20(2)23-17-26(33)30(7)22-11-12-24-27(3,4)25(32)14-15-28(24,5)21(22)13-16-29(23,30)6/h9,11,13,20,23-24,26,31,33H,8,10,12,14-18H2,1-7H3/b19-9+/t20-,23-,24+,26?,28-,29-,30-/m1/s1. The van der Waals surface area contributed by atoms with E-state index in [9.17, 15) is 15.0 Å². The van der Waals surface area contributed by atoms with Crippen LogP contribution in [0.25, 0.3) is 0 Å². The average Bonchev–Trinajstić information content (AvgIpc) is 2.98. The van der Waals surface area contributed by atoms with Gasteiger partial charge in [-0.05, 0) is 85.2 Å². The number of aliphatic hydroxyl groups is 2. The van der Waals surface area contributed by atoms with E-state index in [4.69, 9.17) is 0 Å². The Hall–Kier alpha value is -1.19. The smallest absolute Gasteiger partial charge is 0.138 e. The Morgan fingerprint density at radius 2 is 1.88 bits per heavy atom. The van der Waals surface area contributed by atoms with E-state index in [0.717, 1.165) is 44.1 Å². The van der Waals surface area contributed by atoms with Gasteiger partial charge in [-0.15, -0.1) is 0 Å². The van der Waals surface area contributed by atoms with Gasteiger partial charge in [0.15, 0.2) is 0 Å². The van der Waals surface area contributed by atoms with Crippen LogP contribution in [0.5, 0.6) is 0 Å². The van der Waals surface area contributed by atoms with E-state index in [1.54, 1.807) is 0 Å². The van der Waals surface area contributed by atoms with E-state index in [0.29, 0.717) is 30.0 Å². The number of ketones is 1. The summed E-state index contributed by atoms with van der Waals surface area (Å²) in [4.78, 5) is 12.8. The highest BCUT2D eigenvalue weighted by atomic mass is 16.3. The fourth-order valence-corrected chi connectivity index (χ4v) is 8.61. The molecule has 1 unspecified atom stereocenters. The Labute approximate surface area is 201 Å². The van der Waals surface area contributed by atoms with E-state index < -0.39 is 0 Å². The predicted octanol–water partition coefficient (Wildman–Crippen LogP) is 6.41. The number of rotatable bonds is 5. The Bertz CT molecular complexity index is 908. The zero-order valence-corrected chi connectivity index (χ0v) is 22.0. The van der Waals surface area contributed by atoms with Crippen molar-refractivity contribution in [3.05, 3.63) is 34.9 Å². The van der Waals surface area contributed by atoms with Crippen LogP contribution in [0, 0.1) is 39.4 Å². The van der Waals surface area contributed by atoms with E-state index in [2.05, 4.69) is 59.8 Å². The number of allylic oxidation sites excluding steroid dienone is 4. The van der Waals surface area contributed by atoms with Crippen LogP contribution in [0.2, 0.25) is 0 Å². The predicted molar refractivity (Wildman–Crippen MR) is 135 cm³/mol. The molecule has 0 amide bonds. The van der Waals surface area contributed by atoms with Crippen molar-refractivity contribution in [1.29, 1.82) is 0 Å². The van der Waals surface area contributed by atoms with Crippen molar-refractivity contribution < 1.29 is 15.0 Å². The van der Waals surface area contributed by atoms with Crippen molar-refractivity contribution in [2.45, 2.75) is 99.5 Å². The number of hydrogen-bond donors (Lipinski definition) is 2. The maximum atomic E-state index is 12.8. The molecule has 0 bridgehead atoms. The van der Waals surface area contributed by atoms with Crippen LogP contribution < -0.4 is 0 Å². The zero-order chi connectivity index (χ0) is 24.4. The molecular formula is C30H46O3. The molecule has 2 saturated carbocycles. The minimum atomic E-state index is -0.335. The van der Waals surface area contributed by atoms with E-state index in [-0.39, 0.29) is 34.4 Å². The molecule has 0 spiro atoms. The van der Waals surface area contributed by atoms with Gasteiger partial charge in [0, 0.05) is 17.3 Å². The van der Waals surface area contributed by atoms with Crippen LogP contribution in [0.15, 0.2) is 34.9 Å². The van der Waals surface area contributed by atoms with Gasteiger partial charge in [0.25, 0.3) is 0 Å². The normalized spacial score (nSPS) is 43.2. The number of carbonyl (C=O) groups is 1. The molecule has 0 heterocycles. The van der Waals surface area contributed by atoms with Gasteiger partial charge in [-0.25, -0.2) is 0 Å². The lowest BCUT2D eigenvalue weighted by Gasteiger charge is -2.60. The van der Waals surface area contributed by atoms with Crippen LogP contribution in [0.4, 0.5) is 0 Å². The van der Waals surface area contributed by atoms with Gasteiger partial charge >= 0.3 is 0 Å². The van der Waals surface area contributed by atoms with Crippen molar-refractivity contribution in [2.24, 2.45) is 39.4 Å². The zero-order valence-electron chi connectivity index (χ0n) is 22.0. The quantitative estimate of drug-likeness (QED) is 0.472. The van der Waals surface area contributed by atoms with Crippen LogP contribution in [-0.2, 0) is 4.79 Å². The second-order valence-corrected chi connectivity index (χ2v) is 13.0. The maximum Gasteiger partial charge on any atom is 0.138 e. The largest absolute Gasteiger partial charge is 0.392 e. The van der Waals surface area contributed by atoms with Crippen LogP contribution in [0.3, 0.4) is 0 Å². The lowest BCUT2D eigenvalue weighted by atomic mass is 9.44. The molecule has 7 atom stereocenters. The van der Waals surface area contributed by atoms with E-state index in [1.807, 2.05) is 6.92 Å². The number of carbonyl (C=O) groups excluding carboxylic acids is 1. The molecule has 0 aromatic rings. The molecule has 33 heavy (non-hydrogen) atoms. The first-order valence-electron chi connectivity index (χ1n) is 13.2. The highest BCUT2D eigenvalue weighted by Gasteiger charge is 2.66. The third kappa shape index (κ3) is 3.39. The third-order valence-corrected chi connectivity index (χ3v) is 11.2. The van der Waals surface area contributed by atoms with Crippen molar-refractivity contribution in [3.8, 4) is 0 Å². The summed E-state index contributed by atoms with van der Waals surface area (Å²) in [6.45, 7) is 15.9. The van der Waals surface area contributed by atoms with Gasteiger partial charge in [0.2, 0.25) is 0 Å². The summed E-state index contributed by atoms with van der Waals surface area (Å²) in [5.41, 5.74) is 3.38.